The minimum Gasteiger partial charge on any atom is -0.545 e. The van der Waals surface area contributed by atoms with Gasteiger partial charge in [0.25, 0.3) is 0 Å². The second kappa shape index (κ2) is 12.4. The van der Waals surface area contributed by atoms with Gasteiger partial charge in [0.15, 0.2) is 0 Å². The molecule has 0 bridgehead atoms. The molecule has 0 heterocycles. The second-order valence-corrected chi connectivity index (χ2v) is 12.9. The molecule has 0 radical (unpaired) electrons. The van der Waals surface area contributed by atoms with Gasteiger partial charge in [-0.05, 0) is 64.5 Å². The van der Waals surface area contributed by atoms with Crippen molar-refractivity contribution in [2.24, 2.45) is 0 Å². The van der Waals surface area contributed by atoms with Crippen LogP contribution in [-0.2, 0) is 10.8 Å². The minimum absolute atomic E-state index is 0. The number of para-hydroxylation sites is 2. The van der Waals surface area contributed by atoms with Crippen molar-refractivity contribution in [3.63, 3.8) is 0 Å². The molecule has 0 aliphatic heterocycles. The molecule has 2 aromatic carbocycles. The van der Waals surface area contributed by atoms with Crippen LogP contribution in [0, 0.1) is 0 Å². The minimum atomic E-state index is -1.21. The summed E-state index contributed by atoms with van der Waals surface area (Å²) in [6.07, 6.45) is 0. The third kappa shape index (κ3) is 10.8. The Morgan fingerprint density at radius 3 is 1.03 bits per heavy atom. The summed E-state index contributed by atoms with van der Waals surface area (Å²) in [7, 11) is 0. The van der Waals surface area contributed by atoms with E-state index in [4.69, 9.17) is 9.47 Å². The first kappa shape index (κ1) is 34.5. The number of ether oxygens (including phenoxy) is 2. The van der Waals surface area contributed by atoms with E-state index in [0.717, 1.165) is 11.1 Å². The van der Waals surface area contributed by atoms with Crippen LogP contribution in [0.15, 0.2) is 36.4 Å². The normalized spacial score (nSPS) is 12.0. The number of rotatable bonds is 4. The number of aromatic carboxylic acids is 2. The molecule has 7 heteroatoms. The first-order chi connectivity index (χ1) is 16.0. The number of hydrogen-bond acceptors (Lipinski definition) is 6. The maximum Gasteiger partial charge on any atom is 3.00 e. The second-order valence-electron chi connectivity index (χ2n) is 12.9. The van der Waals surface area contributed by atoms with Gasteiger partial charge in [-0.25, -0.2) is 0 Å². The van der Waals surface area contributed by atoms with Gasteiger partial charge in [0.1, 0.15) is 22.7 Å². The fourth-order valence-electron chi connectivity index (χ4n) is 3.41. The number of carboxylic acid groups (broad SMARTS) is 2. The van der Waals surface area contributed by atoms with Crippen molar-refractivity contribution in [3.05, 3.63) is 58.7 Å². The van der Waals surface area contributed by atoms with Crippen LogP contribution >= 0.6 is 0 Å². The number of carbonyl (C=O) groups is 2. The van der Waals surface area contributed by atoms with Crippen molar-refractivity contribution in [2.45, 2.75) is 105 Å². The average molecular weight is 526 g/mol. The van der Waals surface area contributed by atoms with Crippen molar-refractivity contribution in [1.82, 2.24) is 0 Å². The molecule has 0 N–H and O–H groups in total. The molecule has 0 atom stereocenters. The Morgan fingerprint density at radius 2 is 0.838 bits per heavy atom. The van der Waals surface area contributed by atoms with Crippen LogP contribution in [0.5, 0.6) is 11.5 Å². The van der Waals surface area contributed by atoms with E-state index in [1.807, 2.05) is 95.2 Å². The summed E-state index contributed by atoms with van der Waals surface area (Å²) in [5.74, 6) is -1.59. The molecular formula is C30H42AlO6+. The molecule has 0 spiro atoms. The van der Waals surface area contributed by atoms with E-state index in [0.29, 0.717) is 11.5 Å². The summed E-state index contributed by atoms with van der Waals surface area (Å²) in [6, 6.07) is 10.3. The summed E-state index contributed by atoms with van der Waals surface area (Å²) in [6.45, 7) is 23.5. The van der Waals surface area contributed by atoms with E-state index in [1.54, 1.807) is 12.1 Å². The molecular weight excluding hydrogens is 483 g/mol. The van der Waals surface area contributed by atoms with Crippen LogP contribution in [-0.4, -0.2) is 40.5 Å². The van der Waals surface area contributed by atoms with Crippen LogP contribution in [0.3, 0.4) is 0 Å². The molecule has 6 nitrogen and oxygen atoms in total. The van der Waals surface area contributed by atoms with Gasteiger partial charge in [-0.15, -0.1) is 0 Å². The van der Waals surface area contributed by atoms with Gasteiger partial charge in [0, 0.05) is 22.3 Å². The average Bonchev–Trinajstić information content (AvgIpc) is 2.64. The number of hydrogen-bond donors (Lipinski definition) is 0. The van der Waals surface area contributed by atoms with Crippen molar-refractivity contribution < 1.29 is 29.3 Å². The van der Waals surface area contributed by atoms with Gasteiger partial charge in [-0.1, -0.05) is 65.8 Å². The molecule has 2 rings (SSSR count). The predicted octanol–water partition coefficient (Wildman–Crippen LogP) is 4.67. The van der Waals surface area contributed by atoms with Gasteiger partial charge >= 0.3 is 17.4 Å². The molecule has 0 aromatic heterocycles. The maximum atomic E-state index is 11.2. The van der Waals surface area contributed by atoms with Gasteiger partial charge in [0.05, 0.1) is 11.9 Å². The van der Waals surface area contributed by atoms with Crippen molar-refractivity contribution >= 4 is 29.3 Å². The summed E-state index contributed by atoms with van der Waals surface area (Å²) in [5, 5.41) is 22.4. The molecule has 200 valence electrons. The number of benzene rings is 2. The first-order valence-corrected chi connectivity index (χ1v) is 12.1. The predicted molar refractivity (Wildman–Crippen MR) is 145 cm³/mol. The molecule has 0 saturated carbocycles. The zero-order valence-corrected chi connectivity index (χ0v) is 25.6. The van der Waals surface area contributed by atoms with Crippen LogP contribution in [0.4, 0.5) is 0 Å². The standard InChI is InChI=1S/2C15H22O3.Al/c2*1-14(2,3)11-9-7-8-10(13(16)17)12(11)18-15(4,5)6;/h2*7-9H,1-6H3,(H,16,17);/q;;+3/p-2. The Bertz CT molecular complexity index is 990. The molecule has 0 unspecified atom stereocenters. The number of carbonyl (C=O) groups excluding carboxylic acids is 2. The molecule has 0 aliphatic carbocycles. The van der Waals surface area contributed by atoms with Crippen LogP contribution in [0.25, 0.3) is 0 Å². The summed E-state index contributed by atoms with van der Waals surface area (Å²) in [4.78, 5) is 22.4. The Kier molecular flexibility index (Phi) is 11.5. The molecule has 37 heavy (non-hydrogen) atoms. The van der Waals surface area contributed by atoms with Crippen molar-refractivity contribution in [3.8, 4) is 11.5 Å². The zero-order chi connectivity index (χ0) is 28.3. The van der Waals surface area contributed by atoms with Crippen LogP contribution in [0.1, 0.15) is 115 Å². The van der Waals surface area contributed by atoms with Crippen LogP contribution in [0.2, 0.25) is 0 Å². The quantitative estimate of drug-likeness (QED) is 0.538. The maximum absolute atomic E-state index is 11.2. The Labute approximate surface area is 233 Å². The fraction of sp³-hybridized carbons (Fsp3) is 0.533. The topological polar surface area (TPSA) is 98.7 Å². The van der Waals surface area contributed by atoms with Gasteiger partial charge in [-0.2, -0.15) is 0 Å². The van der Waals surface area contributed by atoms with Crippen molar-refractivity contribution in [2.75, 3.05) is 0 Å². The Hall–Kier alpha value is -2.49. The SMILES string of the molecule is CC(C)(C)Oc1c(C(=O)[O-])cccc1C(C)(C)C.CC(C)(C)Oc1c(C(=O)[O-])cccc1C(C)(C)C.[Al+3]. The zero-order valence-electron chi connectivity index (χ0n) is 24.5. The molecule has 2 aromatic rings. The fourth-order valence-corrected chi connectivity index (χ4v) is 3.41. The van der Waals surface area contributed by atoms with E-state index in [9.17, 15) is 19.8 Å². The van der Waals surface area contributed by atoms with E-state index in [2.05, 4.69) is 0 Å². The largest absolute Gasteiger partial charge is 3.00 e. The van der Waals surface area contributed by atoms with Gasteiger partial charge in [0.2, 0.25) is 0 Å². The third-order valence-corrected chi connectivity index (χ3v) is 4.90. The van der Waals surface area contributed by atoms with E-state index in [-0.39, 0.29) is 39.3 Å². The van der Waals surface area contributed by atoms with E-state index < -0.39 is 23.1 Å². The smallest absolute Gasteiger partial charge is 0.545 e. The summed E-state index contributed by atoms with van der Waals surface area (Å²) >= 11 is 0. The molecule has 0 amide bonds. The molecule has 0 aliphatic rings. The Morgan fingerprint density at radius 1 is 0.568 bits per heavy atom. The first-order valence-electron chi connectivity index (χ1n) is 12.1. The van der Waals surface area contributed by atoms with E-state index >= 15 is 0 Å². The van der Waals surface area contributed by atoms with Crippen molar-refractivity contribution in [1.29, 1.82) is 0 Å². The van der Waals surface area contributed by atoms with E-state index in [1.165, 1.54) is 12.1 Å². The van der Waals surface area contributed by atoms with Gasteiger partial charge in [-0.3, -0.25) is 0 Å². The summed E-state index contributed by atoms with van der Waals surface area (Å²) < 4.78 is 11.7. The van der Waals surface area contributed by atoms with Gasteiger partial charge < -0.3 is 29.3 Å². The monoisotopic (exact) mass is 525 g/mol. The summed E-state index contributed by atoms with van der Waals surface area (Å²) in [5.41, 5.74) is 0.683. The third-order valence-electron chi connectivity index (χ3n) is 4.90. The molecule has 0 fully saturated rings. The van der Waals surface area contributed by atoms with Crippen LogP contribution < -0.4 is 19.7 Å². The Balaban J connectivity index is 0.000000682. The number of carboxylic acids is 2. The molecule has 0 saturated heterocycles.